The van der Waals surface area contributed by atoms with E-state index in [1.165, 1.54) is 0 Å². The lowest BCUT2D eigenvalue weighted by atomic mass is 10.1. The number of nitrogens with zero attached hydrogens (tertiary/aromatic N) is 2. The van der Waals surface area contributed by atoms with Crippen LogP contribution < -0.4 is 10.6 Å². The molecule has 1 aromatic carbocycles. The highest BCUT2D eigenvalue weighted by Gasteiger charge is 2.19. The molecule has 0 saturated carbocycles. The Kier molecular flexibility index (Phi) is 4.76. The first-order chi connectivity index (χ1) is 11.1. The molecule has 1 aliphatic rings. The van der Waals surface area contributed by atoms with Crippen molar-refractivity contribution in [2.24, 2.45) is 0 Å². The lowest BCUT2D eigenvalue weighted by Crippen LogP contribution is -2.43. The molecule has 2 N–H and O–H groups in total. The largest absolute Gasteiger partial charge is 0.353 e. The highest BCUT2D eigenvalue weighted by atomic mass is 16.1. The SMILES string of the molecule is Cc1nn(-c2ccccc2)c(C)c1CC(=O)NC1CCNCC1. The molecule has 1 amide bonds. The van der Waals surface area contributed by atoms with Crippen LogP contribution in [0, 0.1) is 13.8 Å². The van der Waals surface area contributed by atoms with Gasteiger partial charge in [0.2, 0.25) is 5.91 Å². The Balaban J connectivity index is 1.73. The highest BCUT2D eigenvalue weighted by Crippen LogP contribution is 2.18. The number of para-hydroxylation sites is 1. The van der Waals surface area contributed by atoms with Crippen LogP contribution in [0.2, 0.25) is 0 Å². The van der Waals surface area contributed by atoms with E-state index >= 15 is 0 Å². The summed E-state index contributed by atoms with van der Waals surface area (Å²) in [4.78, 5) is 12.4. The minimum Gasteiger partial charge on any atom is -0.353 e. The molecular formula is C18H24N4O. The fourth-order valence-corrected chi connectivity index (χ4v) is 3.16. The van der Waals surface area contributed by atoms with Crippen LogP contribution in [0.15, 0.2) is 30.3 Å². The minimum atomic E-state index is 0.0933. The third kappa shape index (κ3) is 3.62. The molecule has 5 heteroatoms. The molecule has 1 aliphatic heterocycles. The average Bonchev–Trinajstić information content (AvgIpc) is 2.85. The van der Waals surface area contributed by atoms with E-state index in [0.29, 0.717) is 12.5 Å². The number of piperidine rings is 1. The van der Waals surface area contributed by atoms with Gasteiger partial charge in [0.1, 0.15) is 0 Å². The zero-order chi connectivity index (χ0) is 16.2. The van der Waals surface area contributed by atoms with Crippen molar-refractivity contribution < 1.29 is 4.79 Å². The predicted octanol–water partition coefficient (Wildman–Crippen LogP) is 1.90. The van der Waals surface area contributed by atoms with Crippen molar-refractivity contribution in [2.45, 2.75) is 39.2 Å². The van der Waals surface area contributed by atoms with Gasteiger partial charge >= 0.3 is 0 Å². The molecule has 0 unspecified atom stereocenters. The third-order valence-corrected chi connectivity index (χ3v) is 4.48. The standard InChI is InChI=1S/C18H24N4O/c1-13-17(12-18(23)20-15-8-10-19-11-9-15)14(2)22(21-13)16-6-4-3-5-7-16/h3-7,15,19H,8-12H2,1-2H3,(H,20,23). The van der Waals surface area contributed by atoms with Crippen LogP contribution in [0.5, 0.6) is 0 Å². The number of aromatic nitrogens is 2. The van der Waals surface area contributed by atoms with Gasteiger partial charge in [-0.3, -0.25) is 4.79 Å². The number of rotatable bonds is 4. The molecule has 2 aromatic rings. The van der Waals surface area contributed by atoms with E-state index in [0.717, 1.165) is 48.6 Å². The molecule has 1 saturated heterocycles. The van der Waals surface area contributed by atoms with Crippen LogP contribution in [0.3, 0.4) is 0 Å². The molecule has 3 rings (SSSR count). The Morgan fingerprint density at radius 2 is 1.96 bits per heavy atom. The van der Waals surface area contributed by atoms with Crippen molar-refractivity contribution >= 4 is 5.91 Å². The quantitative estimate of drug-likeness (QED) is 0.906. The van der Waals surface area contributed by atoms with Crippen LogP contribution in [0.1, 0.15) is 29.8 Å². The van der Waals surface area contributed by atoms with Crippen molar-refractivity contribution in [3.05, 3.63) is 47.3 Å². The molecule has 23 heavy (non-hydrogen) atoms. The van der Waals surface area contributed by atoms with Crippen molar-refractivity contribution in [2.75, 3.05) is 13.1 Å². The van der Waals surface area contributed by atoms with Crippen molar-refractivity contribution in [3.63, 3.8) is 0 Å². The van der Waals surface area contributed by atoms with Crippen LogP contribution >= 0.6 is 0 Å². The maximum Gasteiger partial charge on any atom is 0.224 e. The van der Waals surface area contributed by atoms with E-state index in [4.69, 9.17) is 0 Å². The molecule has 0 atom stereocenters. The summed E-state index contributed by atoms with van der Waals surface area (Å²) in [6, 6.07) is 10.3. The van der Waals surface area contributed by atoms with E-state index in [1.807, 2.05) is 48.9 Å². The summed E-state index contributed by atoms with van der Waals surface area (Å²) in [6.07, 6.45) is 2.41. The fourth-order valence-electron chi connectivity index (χ4n) is 3.16. The van der Waals surface area contributed by atoms with Gasteiger partial charge in [-0.15, -0.1) is 0 Å². The summed E-state index contributed by atoms with van der Waals surface area (Å²) in [5.74, 6) is 0.0933. The molecule has 1 aromatic heterocycles. The van der Waals surface area contributed by atoms with E-state index in [9.17, 15) is 4.79 Å². The Morgan fingerprint density at radius 1 is 1.26 bits per heavy atom. The predicted molar refractivity (Wildman–Crippen MR) is 90.8 cm³/mol. The van der Waals surface area contributed by atoms with Crippen LogP contribution in [-0.2, 0) is 11.2 Å². The smallest absolute Gasteiger partial charge is 0.224 e. The van der Waals surface area contributed by atoms with Gasteiger partial charge in [0.15, 0.2) is 0 Å². The van der Waals surface area contributed by atoms with E-state index < -0.39 is 0 Å². The first kappa shape index (κ1) is 15.7. The topological polar surface area (TPSA) is 59.0 Å². The second kappa shape index (κ2) is 6.96. The van der Waals surface area contributed by atoms with Gasteiger partial charge in [0.25, 0.3) is 0 Å². The van der Waals surface area contributed by atoms with Gasteiger partial charge in [-0.1, -0.05) is 18.2 Å². The number of benzene rings is 1. The number of carbonyl (C=O) groups excluding carboxylic acids is 1. The fraction of sp³-hybridized carbons (Fsp3) is 0.444. The van der Waals surface area contributed by atoms with E-state index in [-0.39, 0.29) is 5.91 Å². The molecule has 2 heterocycles. The number of carbonyl (C=O) groups is 1. The Morgan fingerprint density at radius 3 is 2.65 bits per heavy atom. The first-order valence-electron chi connectivity index (χ1n) is 8.26. The van der Waals surface area contributed by atoms with Crippen LogP contribution in [-0.4, -0.2) is 34.8 Å². The van der Waals surface area contributed by atoms with Gasteiger partial charge in [-0.2, -0.15) is 5.10 Å². The van der Waals surface area contributed by atoms with Crippen LogP contribution in [0.4, 0.5) is 0 Å². The van der Waals surface area contributed by atoms with Gasteiger partial charge in [-0.25, -0.2) is 4.68 Å². The second-order valence-corrected chi connectivity index (χ2v) is 6.17. The van der Waals surface area contributed by atoms with Crippen molar-refractivity contribution in [1.29, 1.82) is 0 Å². The third-order valence-electron chi connectivity index (χ3n) is 4.48. The average molecular weight is 312 g/mol. The number of nitrogens with one attached hydrogen (secondary N) is 2. The Hall–Kier alpha value is -2.14. The highest BCUT2D eigenvalue weighted by molar-refractivity contribution is 5.79. The maximum absolute atomic E-state index is 12.4. The second-order valence-electron chi connectivity index (χ2n) is 6.17. The zero-order valence-electron chi connectivity index (χ0n) is 13.8. The summed E-state index contributed by atoms with van der Waals surface area (Å²) < 4.78 is 1.92. The Bertz CT molecular complexity index is 672. The maximum atomic E-state index is 12.4. The van der Waals surface area contributed by atoms with Crippen molar-refractivity contribution in [3.8, 4) is 5.69 Å². The van der Waals surface area contributed by atoms with Crippen molar-refractivity contribution in [1.82, 2.24) is 20.4 Å². The van der Waals surface area contributed by atoms with E-state index in [1.54, 1.807) is 0 Å². The molecule has 122 valence electrons. The number of aryl methyl sites for hydroxylation is 1. The minimum absolute atomic E-state index is 0.0933. The molecule has 1 fully saturated rings. The van der Waals surface area contributed by atoms with Crippen LogP contribution in [0.25, 0.3) is 5.69 Å². The zero-order valence-corrected chi connectivity index (χ0v) is 13.8. The van der Waals surface area contributed by atoms with Gasteiger partial charge in [0, 0.05) is 17.3 Å². The van der Waals surface area contributed by atoms with Gasteiger partial charge in [-0.05, 0) is 51.9 Å². The number of hydrogen-bond donors (Lipinski definition) is 2. The summed E-state index contributed by atoms with van der Waals surface area (Å²) >= 11 is 0. The molecule has 0 aliphatic carbocycles. The molecule has 0 bridgehead atoms. The monoisotopic (exact) mass is 312 g/mol. The molecule has 0 radical (unpaired) electrons. The van der Waals surface area contributed by atoms with Gasteiger partial charge < -0.3 is 10.6 Å². The summed E-state index contributed by atoms with van der Waals surface area (Å²) in [7, 11) is 0. The number of amides is 1. The summed E-state index contributed by atoms with van der Waals surface area (Å²) in [6.45, 7) is 5.96. The number of hydrogen-bond acceptors (Lipinski definition) is 3. The molecular weight excluding hydrogens is 288 g/mol. The summed E-state index contributed by atoms with van der Waals surface area (Å²) in [5.41, 5.74) is 4.01. The molecule has 5 nitrogen and oxygen atoms in total. The molecule has 0 spiro atoms. The van der Waals surface area contributed by atoms with Gasteiger partial charge in [0.05, 0.1) is 17.8 Å². The summed E-state index contributed by atoms with van der Waals surface area (Å²) in [5, 5.41) is 11.1. The lowest BCUT2D eigenvalue weighted by Gasteiger charge is -2.23. The first-order valence-corrected chi connectivity index (χ1v) is 8.26. The Labute approximate surface area is 137 Å². The normalized spacial score (nSPS) is 15.6. The van der Waals surface area contributed by atoms with E-state index in [2.05, 4.69) is 15.7 Å². The lowest BCUT2D eigenvalue weighted by molar-refractivity contribution is -0.121.